The maximum atomic E-state index is 13.0. The Balaban J connectivity index is 1.85. The lowest BCUT2D eigenvalue weighted by Gasteiger charge is -2.24. The van der Waals surface area contributed by atoms with Gasteiger partial charge in [0.25, 0.3) is 0 Å². The highest BCUT2D eigenvalue weighted by Crippen LogP contribution is 2.26. The van der Waals surface area contributed by atoms with E-state index in [9.17, 15) is 19.8 Å². The lowest BCUT2D eigenvalue weighted by molar-refractivity contribution is 0.00678. The van der Waals surface area contributed by atoms with Crippen molar-refractivity contribution in [3.63, 3.8) is 0 Å². The number of rotatable bonds is 11. The topological polar surface area (TPSA) is 105 Å². The van der Waals surface area contributed by atoms with Crippen LogP contribution in [0.5, 0.6) is 5.75 Å². The third-order valence-electron chi connectivity index (χ3n) is 7.27. The van der Waals surface area contributed by atoms with Gasteiger partial charge in [0.05, 0.1) is 6.10 Å². The first-order chi connectivity index (χ1) is 20.1. The number of alkyl carbamates (subject to hydrolysis) is 1. The smallest absolute Gasteiger partial charge is 0.411 e. The molecule has 0 saturated heterocycles. The first kappa shape index (κ1) is 34.6. The van der Waals surface area contributed by atoms with Crippen LogP contribution >= 0.6 is 0 Å². The van der Waals surface area contributed by atoms with Crippen molar-refractivity contribution in [2.24, 2.45) is 5.92 Å². The molecule has 1 unspecified atom stereocenters. The third kappa shape index (κ3) is 13.4. The molecule has 42 heavy (non-hydrogen) atoms. The van der Waals surface area contributed by atoms with E-state index in [0.29, 0.717) is 18.4 Å². The minimum absolute atomic E-state index is 0.0216. The van der Waals surface area contributed by atoms with E-state index in [0.717, 1.165) is 31.3 Å². The van der Waals surface area contributed by atoms with Gasteiger partial charge in [0, 0.05) is 19.0 Å². The summed E-state index contributed by atoms with van der Waals surface area (Å²) in [5, 5.41) is 23.6. The van der Waals surface area contributed by atoms with E-state index in [1.807, 2.05) is 32.1 Å². The highest BCUT2D eigenvalue weighted by Gasteiger charge is 2.25. The first-order valence-electron chi connectivity index (χ1n) is 14.9. The minimum Gasteiger partial charge on any atom is -0.507 e. The number of nitrogens with one attached hydrogen (secondary N) is 1. The summed E-state index contributed by atoms with van der Waals surface area (Å²) in [5.41, 5.74) is 4.70. The van der Waals surface area contributed by atoms with Gasteiger partial charge in [-0.3, -0.25) is 5.32 Å². The summed E-state index contributed by atoms with van der Waals surface area (Å²) in [7, 11) is 0. The van der Waals surface area contributed by atoms with Crippen molar-refractivity contribution < 1.29 is 29.3 Å². The number of esters is 1. The molecule has 0 spiro atoms. The number of hydrogen-bond acceptors (Lipinski definition) is 6. The van der Waals surface area contributed by atoms with Crippen LogP contribution in [0.1, 0.15) is 95.5 Å². The fraction of sp³-hybridized carbons (Fsp3) is 0.486. The van der Waals surface area contributed by atoms with Gasteiger partial charge in [-0.15, -0.1) is 0 Å². The van der Waals surface area contributed by atoms with Crippen LogP contribution in [0.2, 0.25) is 0 Å². The molecule has 1 aliphatic heterocycles. The molecule has 0 bridgehead atoms. The fourth-order valence-corrected chi connectivity index (χ4v) is 4.56. The average molecular weight is 580 g/mol. The van der Waals surface area contributed by atoms with E-state index in [1.165, 1.54) is 23.4 Å². The van der Waals surface area contributed by atoms with Crippen LogP contribution in [0.25, 0.3) is 0 Å². The minimum atomic E-state index is -0.682. The molecule has 7 heteroatoms. The molecule has 0 aromatic heterocycles. The maximum Gasteiger partial charge on any atom is 0.411 e. The number of phenols is 1. The Morgan fingerprint density at radius 3 is 2.52 bits per heavy atom. The van der Waals surface area contributed by atoms with Crippen molar-refractivity contribution >= 4 is 12.1 Å². The van der Waals surface area contributed by atoms with E-state index in [1.54, 1.807) is 18.2 Å². The second-order valence-corrected chi connectivity index (χ2v) is 11.4. The van der Waals surface area contributed by atoms with Gasteiger partial charge >= 0.3 is 12.1 Å². The largest absolute Gasteiger partial charge is 0.507 e. The van der Waals surface area contributed by atoms with Crippen LogP contribution in [-0.2, 0) is 15.9 Å². The number of cyclic esters (lactones) is 1. The first-order valence-corrected chi connectivity index (χ1v) is 14.9. The standard InChI is InChI=1S/C35H49NO6/c1-25(2)12-8-13-26(3)14-9-15-27(4)21-23-41-35(40)36-22-11-19-30-24-32(38)28(5)16-6-7-17-29-18-10-20-31(37)33(29)34(39)42-30/h6-7,10-12,14,18,20-22,28,30,32,37-38H,8-9,13,15-17,19,23-24H2,1-5H3,(H,36,40)/b7-6+,22-11+,26-14+,27-21+/t28-,30?,32+/m0/s1. The zero-order chi connectivity index (χ0) is 30.9. The van der Waals surface area contributed by atoms with E-state index in [2.05, 4.69) is 38.2 Å². The van der Waals surface area contributed by atoms with Crippen molar-refractivity contribution in [2.45, 2.75) is 98.2 Å². The molecule has 7 nitrogen and oxygen atoms in total. The summed E-state index contributed by atoms with van der Waals surface area (Å²) in [5.74, 6) is -0.799. The Hall–Kier alpha value is -3.58. The zero-order valence-electron chi connectivity index (χ0n) is 25.9. The summed E-state index contributed by atoms with van der Waals surface area (Å²) >= 11 is 0. The van der Waals surface area contributed by atoms with E-state index in [4.69, 9.17) is 9.47 Å². The Kier molecular flexibility index (Phi) is 15.5. The molecule has 2 rings (SSSR count). The van der Waals surface area contributed by atoms with Gasteiger partial charge in [0.1, 0.15) is 24.0 Å². The van der Waals surface area contributed by atoms with E-state index >= 15 is 0 Å². The number of allylic oxidation sites excluding steroid dienone is 7. The molecular weight excluding hydrogens is 530 g/mol. The molecule has 0 saturated carbocycles. The van der Waals surface area contributed by atoms with Crippen LogP contribution in [0.3, 0.4) is 0 Å². The molecule has 0 radical (unpaired) electrons. The predicted molar refractivity (Wildman–Crippen MR) is 168 cm³/mol. The number of fused-ring (bicyclic) bond motifs is 1. The van der Waals surface area contributed by atoms with Crippen LogP contribution in [0, 0.1) is 5.92 Å². The predicted octanol–water partition coefficient (Wildman–Crippen LogP) is 7.86. The van der Waals surface area contributed by atoms with Crippen molar-refractivity contribution in [2.75, 3.05) is 6.61 Å². The quantitative estimate of drug-likeness (QED) is 0.182. The zero-order valence-corrected chi connectivity index (χ0v) is 25.9. The van der Waals surface area contributed by atoms with Crippen molar-refractivity contribution in [3.05, 3.63) is 88.7 Å². The number of amides is 1. The maximum absolute atomic E-state index is 13.0. The fourth-order valence-electron chi connectivity index (χ4n) is 4.56. The monoisotopic (exact) mass is 579 g/mol. The third-order valence-corrected chi connectivity index (χ3v) is 7.27. The van der Waals surface area contributed by atoms with Gasteiger partial charge in [0.15, 0.2) is 0 Å². The number of aliphatic hydroxyl groups is 1. The SMILES string of the molecule is CC(C)=CCC/C(C)=C/CC/C(C)=C/COC(=O)N/C=C/CC1C[C@@H](O)[C@@H](C)C/C=C/Cc2cccc(O)c2C(=O)O1. The van der Waals surface area contributed by atoms with Gasteiger partial charge in [-0.1, -0.05) is 66.2 Å². The van der Waals surface area contributed by atoms with Gasteiger partial charge < -0.3 is 19.7 Å². The number of carbonyl (C=O) groups is 2. The number of aliphatic hydroxyl groups excluding tert-OH is 1. The molecule has 0 fully saturated rings. The number of benzene rings is 1. The Bertz CT molecular complexity index is 1170. The second kappa shape index (κ2) is 18.8. The summed E-state index contributed by atoms with van der Waals surface area (Å²) in [4.78, 5) is 25.1. The van der Waals surface area contributed by atoms with Crippen molar-refractivity contribution in [1.82, 2.24) is 5.32 Å². The summed E-state index contributed by atoms with van der Waals surface area (Å²) in [6, 6.07) is 4.95. The van der Waals surface area contributed by atoms with Gasteiger partial charge in [-0.05, 0) is 89.8 Å². The average Bonchev–Trinajstić information content (AvgIpc) is 2.92. The summed E-state index contributed by atoms with van der Waals surface area (Å²) < 4.78 is 11.0. The molecular formula is C35H49NO6. The molecule has 1 aliphatic rings. The number of phenolic OH excluding ortho intramolecular Hbond substituents is 1. The van der Waals surface area contributed by atoms with Crippen LogP contribution in [-0.4, -0.2) is 41.1 Å². The molecule has 3 N–H and O–H groups in total. The highest BCUT2D eigenvalue weighted by atomic mass is 16.5. The molecule has 3 atom stereocenters. The number of ether oxygens (including phenoxy) is 2. The molecule has 0 aliphatic carbocycles. The highest BCUT2D eigenvalue weighted by molar-refractivity contribution is 5.94. The molecule has 230 valence electrons. The van der Waals surface area contributed by atoms with E-state index in [-0.39, 0.29) is 36.7 Å². The van der Waals surface area contributed by atoms with Crippen LogP contribution in [0.15, 0.2) is 77.6 Å². The normalized spacial score (nSPS) is 21.0. The van der Waals surface area contributed by atoms with Crippen LogP contribution in [0.4, 0.5) is 4.79 Å². The Labute approximate surface area is 251 Å². The lowest BCUT2D eigenvalue weighted by Crippen LogP contribution is -2.28. The van der Waals surface area contributed by atoms with Gasteiger partial charge in [-0.2, -0.15) is 0 Å². The molecule has 1 heterocycles. The molecule has 1 aromatic rings. The number of hydrogen-bond donors (Lipinski definition) is 3. The molecule has 1 amide bonds. The lowest BCUT2D eigenvalue weighted by atomic mass is 9.94. The van der Waals surface area contributed by atoms with Crippen molar-refractivity contribution in [1.29, 1.82) is 0 Å². The summed E-state index contributed by atoms with van der Waals surface area (Å²) in [6.07, 6.45) is 17.2. The number of carbonyl (C=O) groups excluding carboxylic acids is 2. The van der Waals surface area contributed by atoms with Crippen LogP contribution < -0.4 is 5.32 Å². The summed E-state index contributed by atoms with van der Waals surface area (Å²) in [6.45, 7) is 10.6. The van der Waals surface area contributed by atoms with Crippen molar-refractivity contribution in [3.8, 4) is 5.75 Å². The van der Waals surface area contributed by atoms with Gasteiger partial charge in [0.2, 0.25) is 0 Å². The Morgan fingerprint density at radius 2 is 1.79 bits per heavy atom. The van der Waals surface area contributed by atoms with Gasteiger partial charge in [-0.25, -0.2) is 9.59 Å². The Morgan fingerprint density at radius 1 is 1.07 bits per heavy atom. The van der Waals surface area contributed by atoms with E-state index < -0.39 is 24.3 Å². The molecule has 1 aromatic carbocycles. The second-order valence-electron chi connectivity index (χ2n) is 11.4. The number of aromatic hydroxyl groups is 1.